The van der Waals surface area contributed by atoms with E-state index in [0.29, 0.717) is 19.1 Å². The Hall–Kier alpha value is -0.120. The Bertz CT molecular complexity index is 137. The van der Waals surface area contributed by atoms with Crippen molar-refractivity contribution in [3.05, 3.63) is 0 Å². The van der Waals surface area contributed by atoms with Crippen molar-refractivity contribution in [3.63, 3.8) is 0 Å². The molecule has 1 unspecified atom stereocenters. The first-order valence-electron chi connectivity index (χ1n) is 5.40. The maximum atomic E-state index is 9.61. The minimum atomic E-state index is -0.374. The second kappa shape index (κ2) is 7.21. The number of hydrogen-bond donors (Lipinski definition) is 1. The zero-order valence-corrected chi connectivity index (χ0v) is 10.2. The van der Waals surface area contributed by atoms with E-state index in [4.69, 9.17) is 4.74 Å². The summed E-state index contributed by atoms with van der Waals surface area (Å²) in [5, 5.41) is 9.61. The molecule has 0 saturated heterocycles. The summed E-state index contributed by atoms with van der Waals surface area (Å²) in [5.41, 5.74) is 0. The highest BCUT2D eigenvalue weighted by molar-refractivity contribution is 4.62. The molecule has 0 spiro atoms. The first-order chi connectivity index (χ1) is 6.41. The molecule has 14 heavy (non-hydrogen) atoms. The van der Waals surface area contributed by atoms with E-state index >= 15 is 0 Å². The van der Waals surface area contributed by atoms with Gasteiger partial charge in [0.05, 0.1) is 18.8 Å². The number of likely N-dealkylation sites (N-methyl/N-ethyl adjacent to an activating group) is 1. The van der Waals surface area contributed by atoms with Crippen LogP contribution in [0.3, 0.4) is 0 Å². The van der Waals surface area contributed by atoms with Crippen molar-refractivity contribution in [2.24, 2.45) is 5.92 Å². The van der Waals surface area contributed by atoms with Gasteiger partial charge in [-0.1, -0.05) is 13.8 Å². The molecule has 0 radical (unpaired) electrons. The first kappa shape index (κ1) is 13.9. The van der Waals surface area contributed by atoms with E-state index in [1.165, 1.54) is 0 Å². The lowest BCUT2D eigenvalue weighted by Crippen LogP contribution is -2.34. The van der Waals surface area contributed by atoms with Crippen LogP contribution < -0.4 is 0 Å². The van der Waals surface area contributed by atoms with E-state index in [-0.39, 0.29) is 12.2 Å². The first-order valence-corrected chi connectivity index (χ1v) is 5.40. The summed E-state index contributed by atoms with van der Waals surface area (Å²) in [6.45, 7) is 10.4. The molecule has 3 heteroatoms. The summed E-state index contributed by atoms with van der Waals surface area (Å²) < 4.78 is 5.33. The van der Waals surface area contributed by atoms with E-state index < -0.39 is 0 Å². The number of ether oxygens (including phenoxy) is 1. The molecule has 0 bridgehead atoms. The summed E-state index contributed by atoms with van der Waals surface area (Å²) in [7, 11) is 2.03. The van der Waals surface area contributed by atoms with Crippen LogP contribution >= 0.6 is 0 Å². The molecular weight excluding hydrogens is 178 g/mol. The molecule has 0 aromatic rings. The molecule has 0 aliphatic rings. The Morgan fingerprint density at radius 1 is 1.14 bits per heavy atom. The van der Waals surface area contributed by atoms with Crippen LogP contribution in [0, 0.1) is 5.92 Å². The van der Waals surface area contributed by atoms with Gasteiger partial charge in [0.15, 0.2) is 0 Å². The summed E-state index contributed by atoms with van der Waals surface area (Å²) >= 11 is 0. The average molecular weight is 203 g/mol. The highest BCUT2D eigenvalue weighted by Gasteiger charge is 2.09. The van der Waals surface area contributed by atoms with Gasteiger partial charge in [0.25, 0.3) is 0 Å². The number of aliphatic hydroxyl groups excluding tert-OH is 1. The fourth-order valence-corrected chi connectivity index (χ4v) is 1.41. The number of hydrogen-bond acceptors (Lipinski definition) is 3. The van der Waals surface area contributed by atoms with E-state index in [0.717, 1.165) is 6.54 Å². The van der Waals surface area contributed by atoms with Gasteiger partial charge in [-0.15, -0.1) is 0 Å². The van der Waals surface area contributed by atoms with Gasteiger partial charge in [-0.3, -0.25) is 0 Å². The molecule has 0 saturated carbocycles. The van der Waals surface area contributed by atoms with Crippen LogP contribution in [0.15, 0.2) is 0 Å². The van der Waals surface area contributed by atoms with Gasteiger partial charge in [-0.05, 0) is 26.8 Å². The third-order valence-corrected chi connectivity index (χ3v) is 1.82. The van der Waals surface area contributed by atoms with Gasteiger partial charge < -0.3 is 14.7 Å². The smallest absolute Gasteiger partial charge is 0.0900 e. The molecule has 3 nitrogen and oxygen atoms in total. The molecular formula is C11H25NO2. The molecule has 0 heterocycles. The molecule has 0 fully saturated rings. The number of nitrogens with zero attached hydrogens (tertiary/aromatic N) is 1. The maximum absolute atomic E-state index is 9.61. The van der Waals surface area contributed by atoms with Gasteiger partial charge in [0.1, 0.15) is 0 Å². The molecule has 0 aromatic carbocycles. The van der Waals surface area contributed by atoms with Gasteiger partial charge in [0, 0.05) is 13.1 Å². The Balaban J connectivity index is 3.55. The molecule has 0 rings (SSSR count). The second-order valence-electron chi connectivity index (χ2n) is 4.65. The van der Waals surface area contributed by atoms with Crippen molar-refractivity contribution >= 4 is 0 Å². The minimum absolute atomic E-state index is 0.194. The van der Waals surface area contributed by atoms with Crippen LogP contribution in [0.2, 0.25) is 0 Å². The Kier molecular flexibility index (Phi) is 7.15. The quantitative estimate of drug-likeness (QED) is 0.678. The fourth-order valence-electron chi connectivity index (χ4n) is 1.41. The molecule has 86 valence electrons. The molecule has 0 aromatic heterocycles. The van der Waals surface area contributed by atoms with Gasteiger partial charge in [0.2, 0.25) is 0 Å². The SMILES string of the molecule is CC(C)CN(C)CC(O)COC(C)C. The van der Waals surface area contributed by atoms with E-state index in [2.05, 4.69) is 18.7 Å². The fraction of sp³-hybridized carbons (Fsp3) is 1.00. The van der Waals surface area contributed by atoms with E-state index in [1.807, 2.05) is 20.9 Å². The predicted octanol–water partition coefficient (Wildman–Crippen LogP) is 1.36. The highest BCUT2D eigenvalue weighted by atomic mass is 16.5. The standard InChI is InChI=1S/C11H25NO2/c1-9(2)6-12(5)7-11(13)8-14-10(3)4/h9-11,13H,6-8H2,1-5H3. The largest absolute Gasteiger partial charge is 0.389 e. The van der Waals surface area contributed by atoms with Crippen LogP contribution in [0.5, 0.6) is 0 Å². The van der Waals surface area contributed by atoms with Crippen molar-refractivity contribution < 1.29 is 9.84 Å². The van der Waals surface area contributed by atoms with Crippen molar-refractivity contribution in [2.45, 2.75) is 39.9 Å². The van der Waals surface area contributed by atoms with Crippen molar-refractivity contribution in [3.8, 4) is 0 Å². The Labute approximate surface area is 88.1 Å². The lowest BCUT2D eigenvalue weighted by Gasteiger charge is -2.22. The predicted molar refractivity (Wildman–Crippen MR) is 59.4 cm³/mol. The average Bonchev–Trinajstić information content (AvgIpc) is 1.98. The normalized spacial score (nSPS) is 14.4. The van der Waals surface area contributed by atoms with Crippen LogP contribution in [-0.4, -0.2) is 49.0 Å². The zero-order chi connectivity index (χ0) is 11.1. The van der Waals surface area contributed by atoms with Crippen LogP contribution in [0.4, 0.5) is 0 Å². The second-order valence-corrected chi connectivity index (χ2v) is 4.65. The highest BCUT2D eigenvalue weighted by Crippen LogP contribution is 1.98. The van der Waals surface area contributed by atoms with Crippen LogP contribution in [-0.2, 0) is 4.74 Å². The summed E-state index contributed by atoms with van der Waals surface area (Å²) in [4.78, 5) is 2.14. The summed E-state index contributed by atoms with van der Waals surface area (Å²) in [6.07, 6.45) is -0.179. The zero-order valence-electron chi connectivity index (χ0n) is 10.2. The molecule has 1 N–H and O–H groups in total. The number of aliphatic hydroxyl groups is 1. The lowest BCUT2D eigenvalue weighted by molar-refractivity contribution is -0.00650. The third kappa shape index (κ3) is 8.48. The molecule has 0 amide bonds. The van der Waals surface area contributed by atoms with Crippen molar-refractivity contribution in [1.82, 2.24) is 4.90 Å². The van der Waals surface area contributed by atoms with Gasteiger partial charge in [-0.25, -0.2) is 0 Å². The van der Waals surface area contributed by atoms with Crippen molar-refractivity contribution in [1.29, 1.82) is 0 Å². The number of rotatable bonds is 7. The van der Waals surface area contributed by atoms with Crippen molar-refractivity contribution in [2.75, 3.05) is 26.7 Å². The van der Waals surface area contributed by atoms with E-state index in [9.17, 15) is 5.11 Å². The van der Waals surface area contributed by atoms with Gasteiger partial charge >= 0.3 is 0 Å². The molecule has 1 atom stereocenters. The van der Waals surface area contributed by atoms with Crippen LogP contribution in [0.1, 0.15) is 27.7 Å². The monoisotopic (exact) mass is 203 g/mol. The Morgan fingerprint density at radius 2 is 1.71 bits per heavy atom. The van der Waals surface area contributed by atoms with Gasteiger partial charge in [-0.2, -0.15) is 0 Å². The topological polar surface area (TPSA) is 32.7 Å². The van der Waals surface area contributed by atoms with Crippen LogP contribution in [0.25, 0.3) is 0 Å². The summed E-state index contributed by atoms with van der Waals surface area (Å²) in [5.74, 6) is 0.637. The third-order valence-electron chi connectivity index (χ3n) is 1.82. The van der Waals surface area contributed by atoms with E-state index in [1.54, 1.807) is 0 Å². The molecule has 0 aliphatic heterocycles. The Morgan fingerprint density at radius 3 is 2.14 bits per heavy atom. The lowest BCUT2D eigenvalue weighted by atomic mass is 10.2. The maximum Gasteiger partial charge on any atom is 0.0900 e. The molecule has 0 aliphatic carbocycles. The summed E-state index contributed by atoms with van der Waals surface area (Å²) in [6, 6.07) is 0. The minimum Gasteiger partial charge on any atom is -0.389 e.